The molecule has 0 aliphatic rings. The molecule has 0 radical (unpaired) electrons. The average Bonchev–Trinajstić information content (AvgIpc) is 2.92. The summed E-state index contributed by atoms with van der Waals surface area (Å²) in [5.74, 6) is -0.136. The second kappa shape index (κ2) is 6.67. The zero-order valence-corrected chi connectivity index (χ0v) is 13.1. The van der Waals surface area contributed by atoms with Crippen LogP contribution in [0.1, 0.15) is 15.9 Å². The molecule has 3 aromatic rings. The summed E-state index contributed by atoms with van der Waals surface area (Å²) >= 11 is 6.07. The number of para-hydroxylation sites is 1. The number of hydrogen-bond acceptors (Lipinski definition) is 2. The predicted octanol–water partition coefficient (Wildman–Crippen LogP) is 3.42. The summed E-state index contributed by atoms with van der Waals surface area (Å²) in [6.45, 7) is 0.525. The van der Waals surface area contributed by atoms with Gasteiger partial charge in [-0.05, 0) is 17.7 Å². The summed E-state index contributed by atoms with van der Waals surface area (Å²) in [4.78, 5) is 23.3. The van der Waals surface area contributed by atoms with Gasteiger partial charge in [-0.25, -0.2) is 0 Å². The Balaban J connectivity index is 1.73. The van der Waals surface area contributed by atoms with Gasteiger partial charge in [0, 0.05) is 34.2 Å². The van der Waals surface area contributed by atoms with Crippen LogP contribution in [0.25, 0.3) is 10.9 Å². The van der Waals surface area contributed by atoms with Crippen LogP contribution in [0.15, 0.2) is 54.7 Å². The van der Waals surface area contributed by atoms with E-state index in [0.717, 1.165) is 22.8 Å². The molecule has 1 N–H and O–H groups in total. The fraction of sp³-hybridized carbons (Fsp3) is 0.111. The van der Waals surface area contributed by atoms with Crippen molar-refractivity contribution in [3.05, 3.63) is 70.9 Å². The lowest BCUT2D eigenvalue weighted by Gasteiger charge is -2.08. The molecule has 23 heavy (non-hydrogen) atoms. The molecule has 0 saturated carbocycles. The molecule has 1 heterocycles. The Morgan fingerprint density at radius 3 is 2.65 bits per heavy atom. The maximum atomic E-state index is 12.2. The number of carbonyl (C=O) groups excluding carboxylic acids is 2. The first-order valence-corrected chi connectivity index (χ1v) is 7.60. The van der Waals surface area contributed by atoms with Gasteiger partial charge in [-0.2, -0.15) is 0 Å². The van der Waals surface area contributed by atoms with Crippen molar-refractivity contribution in [1.29, 1.82) is 0 Å². The number of aromatic nitrogens is 1. The van der Waals surface area contributed by atoms with Crippen molar-refractivity contribution in [2.75, 3.05) is 0 Å². The highest BCUT2D eigenvalue weighted by atomic mass is 35.5. The van der Waals surface area contributed by atoms with Crippen LogP contribution >= 0.6 is 11.6 Å². The van der Waals surface area contributed by atoms with E-state index in [1.165, 1.54) is 0 Å². The molecule has 0 atom stereocenters. The summed E-state index contributed by atoms with van der Waals surface area (Å²) < 4.78 is 1.78. The van der Waals surface area contributed by atoms with Gasteiger partial charge in [0.05, 0.1) is 0 Å². The molecule has 1 amide bonds. The van der Waals surface area contributed by atoms with Gasteiger partial charge in [-0.15, -0.1) is 0 Å². The monoisotopic (exact) mass is 326 g/mol. The quantitative estimate of drug-likeness (QED) is 0.730. The lowest BCUT2D eigenvalue weighted by Crippen LogP contribution is -2.26. The molecule has 5 heteroatoms. The minimum Gasteiger partial charge on any atom is -0.350 e. The predicted molar refractivity (Wildman–Crippen MR) is 90.6 cm³/mol. The van der Waals surface area contributed by atoms with Crippen LogP contribution < -0.4 is 5.32 Å². The highest BCUT2D eigenvalue weighted by Gasteiger charge is 2.10. The minimum absolute atomic E-state index is 0.136. The molecular formula is C18H15ClN2O2. The zero-order chi connectivity index (χ0) is 16.2. The third kappa shape index (κ3) is 3.27. The van der Waals surface area contributed by atoms with Crippen molar-refractivity contribution in [3.63, 3.8) is 0 Å². The normalized spacial score (nSPS) is 10.7. The van der Waals surface area contributed by atoms with E-state index >= 15 is 0 Å². The molecule has 0 aliphatic carbocycles. The molecule has 0 unspecified atom stereocenters. The number of aldehydes is 1. The number of fused-ring (bicyclic) bond motifs is 1. The third-order valence-electron chi connectivity index (χ3n) is 3.69. The minimum atomic E-state index is -0.136. The van der Waals surface area contributed by atoms with Crippen LogP contribution in [0.4, 0.5) is 0 Å². The van der Waals surface area contributed by atoms with Gasteiger partial charge in [0.1, 0.15) is 6.54 Å². The molecule has 0 saturated heterocycles. The van der Waals surface area contributed by atoms with Crippen LogP contribution in [0.2, 0.25) is 5.02 Å². The van der Waals surface area contributed by atoms with Gasteiger partial charge >= 0.3 is 0 Å². The van der Waals surface area contributed by atoms with Crippen molar-refractivity contribution in [1.82, 2.24) is 9.88 Å². The summed E-state index contributed by atoms with van der Waals surface area (Å²) in [7, 11) is 0. The number of rotatable bonds is 5. The van der Waals surface area contributed by atoms with Crippen LogP contribution in [0, 0.1) is 0 Å². The summed E-state index contributed by atoms with van der Waals surface area (Å²) in [5.41, 5.74) is 2.32. The van der Waals surface area contributed by atoms with Gasteiger partial charge < -0.3 is 9.88 Å². The van der Waals surface area contributed by atoms with Gasteiger partial charge in [0.25, 0.3) is 0 Å². The Hall–Kier alpha value is -2.59. The van der Waals surface area contributed by atoms with E-state index in [1.54, 1.807) is 16.8 Å². The second-order valence-electron chi connectivity index (χ2n) is 5.22. The Bertz CT molecular complexity index is 870. The van der Waals surface area contributed by atoms with Crippen molar-refractivity contribution in [3.8, 4) is 0 Å². The molecule has 0 spiro atoms. The molecule has 0 fully saturated rings. The summed E-state index contributed by atoms with van der Waals surface area (Å²) in [5, 5.41) is 4.32. The van der Waals surface area contributed by atoms with Crippen LogP contribution in [-0.2, 0) is 17.9 Å². The van der Waals surface area contributed by atoms with E-state index < -0.39 is 0 Å². The number of carbonyl (C=O) groups is 2. The first kappa shape index (κ1) is 15.3. The second-order valence-corrected chi connectivity index (χ2v) is 5.62. The largest absolute Gasteiger partial charge is 0.350 e. The van der Waals surface area contributed by atoms with E-state index in [9.17, 15) is 9.59 Å². The van der Waals surface area contributed by atoms with Gasteiger partial charge in [0.2, 0.25) is 5.91 Å². The average molecular weight is 327 g/mol. The van der Waals surface area contributed by atoms with E-state index in [4.69, 9.17) is 11.6 Å². The molecular weight excluding hydrogens is 312 g/mol. The smallest absolute Gasteiger partial charge is 0.240 e. The van der Waals surface area contributed by atoms with Crippen molar-refractivity contribution in [2.24, 2.45) is 0 Å². The zero-order valence-electron chi connectivity index (χ0n) is 12.3. The number of amides is 1. The van der Waals surface area contributed by atoms with Crippen LogP contribution in [-0.4, -0.2) is 16.8 Å². The number of nitrogens with zero attached hydrogens (tertiary/aromatic N) is 1. The Kier molecular flexibility index (Phi) is 4.44. The number of halogens is 1. The Labute approximate surface area is 138 Å². The standard InChI is InChI=1S/C18H15ClN2O2/c19-16-7-3-1-5-13(16)9-20-18(23)11-21-10-14(12-22)15-6-2-4-8-17(15)21/h1-8,10,12H,9,11H2,(H,20,23). The molecule has 3 rings (SSSR count). The van der Waals surface area contributed by atoms with E-state index in [-0.39, 0.29) is 12.5 Å². The Morgan fingerprint density at radius 2 is 1.87 bits per heavy atom. The first-order valence-electron chi connectivity index (χ1n) is 7.22. The molecule has 1 aromatic heterocycles. The molecule has 0 aliphatic heterocycles. The van der Waals surface area contributed by atoms with Gasteiger partial charge in [0.15, 0.2) is 6.29 Å². The van der Waals surface area contributed by atoms with Crippen LogP contribution in [0.5, 0.6) is 0 Å². The highest BCUT2D eigenvalue weighted by molar-refractivity contribution is 6.31. The topological polar surface area (TPSA) is 51.1 Å². The van der Waals surface area contributed by atoms with E-state index in [1.807, 2.05) is 42.5 Å². The van der Waals surface area contributed by atoms with Crippen molar-refractivity contribution >= 4 is 34.7 Å². The summed E-state index contributed by atoms with van der Waals surface area (Å²) in [6.07, 6.45) is 2.51. The third-order valence-corrected chi connectivity index (χ3v) is 4.06. The SMILES string of the molecule is O=Cc1cn(CC(=O)NCc2ccccc2Cl)c2ccccc12. The van der Waals surface area contributed by atoms with Gasteiger partial charge in [-0.1, -0.05) is 48.0 Å². The summed E-state index contributed by atoms with van der Waals surface area (Å²) in [6, 6.07) is 14.9. The molecule has 2 aromatic carbocycles. The van der Waals surface area contributed by atoms with Crippen molar-refractivity contribution < 1.29 is 9.59 Å². The number of hydrogen-bond donors (Lipinski definition) is 1. The molecule has 116 valence electrons. The maximum absolute atomic E-state index is 12.2. The lowest BCUT2D eigenvalue weighted by atomic mass is 10.2. The Morgan fingerprint density at radius 1 is 1.13 bits per heavy atom. The molecule has 4 nitrogen and oxygen atoms in total. The van der Waals surface area contributed by atoms with Gasteiger partial charge in [-0.3, -0.25) is 9.59 Å². The van der Waals surface area contributed by atoms with E-state index in [2.05, 4.69) is 5.32 Å². The number of benzene rings is 2. The van der Waals surface area contributed by atoms with Crippen molar-refractivity contribution in [2.45, 2.75) is 13.1 Å². The number of nitrogens with one attached hydrogen (secondary N) is 1. The molecule has 0 bridgehead atoms. The maximum Gasteiger partial charge on any atom is 0.240 e. The fourth-order valence-corrected chi connectivity index (χ4v) is 2.75. The lowest BCUT2D eigenvalue weighted by molar-refractivity contribution is -0.121. The first-order chi connectivity index (χ1) is 11.2. The van der Waals surface area contributed by atoms with E-state index in [0.29, 0.717) is 17.1 Å². The fourth-order valence-electron chi connectivity index (χ4n) is 2.55. The highest BCUT2D eigenvalue weighted by Crippen LogP contribution is 2.20. The van der Waals surface area contributed by atoms with Crippen LogP contribution in [0.3, 0.4) is 0 Å².